The van der Waals surface area contributed by atoms with Crippen LogP contribution in [0.2, 0.25) is 0 Å². The molecule has 0 unspecified atom stereocenters. The first-order valence-electron chi connectivity index (χ1n) is 11.2. The van der Waals surface area contributed by atoms with E-state index in [2.05, 4.69) is 5.32 Å². The molecule has 0 bridgehead atoms. The Hall–Kier alpha value is -4.32. The molecule has 0 atom stereocenters. The van der Waals surface area contributed by atoms with E-state index in [1.54, 1.807) is 47.4 Å². The van der Waals surface area contributed by atoms with Crippen molar-refractivity contribution in [3.63, 3.8) is 0 Å². The highest BCUT2D eigenvalue weighted by molar-refractivity contribution is 6.07. The Labute approximate surface area is 202 Å². The second kappa shape index (κ2) is 10.7. The van der Waals surface area contributed by atoms with Crippen LogP contribution in [-0.2, 0) is 17.8 Å². The summed E-state index contributed by atoms with van der Waals surface area (Å²) in [5.74, 6) is -1.18. The van der Waals surface area contributed by atoms with Gasteiger partial charge in [0.1, 0.15) is 11.6 Å². The van der Waals surface area contributed by atoms with Crippen LogP contribution >= 0.6 is 0 Å². The monoisotopic (exact) mass is 470 g/mol. The smallest absolute Gasteiger partial charge is 0.258 e. The van der Waals surface area contributed by atoms with E-state index < -0.39 is 0 Å². The summed E-state index contributed by atoms with van der Waals surface area (Å²) in [5, 5.41) is 2.73. The maximum atomic E-state index is 13.8. The topological polar surface area (TPSA) is 49.4 Å². The van der Waals surface area contributed by atoms with Gasteiger partial charge in [0, 0.05) is 16.9 Å². The quantitative estimate of drug-likeness (QED) is 0.345. The fourth-order valence-electron chi connectivity index (χ4n) is 3.77. The van der Waals surface area contributed by atoms with Crippen LogP contribution in [0.4, 0.5) is 20.2 Å². The van der Waals surface area contributed by atoms with Crippen molar-refractivity contribution in [1.82, 2.24) is 0 Å². The summed E-state index contributed by atoms with van der Waals surface area (Å²) in [5.41, 5.74) is 3.96. The van der Waals surface area contributed by atoms with Gasteiger partial charge in [-0.3, -0.25) is 9.59 Å². The van der Waals surface area contributed by atoms with E-state index in [1.807, 2.05) is 25.1 Å². The molecule has 0 heterocycles. The van der Waals surface area contributed by atoms with E-state index in [4.69, 9.17) is 0 Å². The molecular weight excluding hydrogens is 446 g/mol. The van der Waals surface area contributed by atoms with Crippen LogP contribution in [-0.4, -0.2) is 11.8 Å². The van der Waals surface area contributed by atoms with E-state index >= 15 is 0 Å². The van der Waals surface area contributed by atoms with E-state index in [-0.39, 0.29) is 36.4 Å². The van der Waals surface area contributed by atoms with Gasteiger partial charge in [-0.2, -0.15) is 0 Å². The van der Waals surface area contributed by atoms with Crippen LogP contribution in [0.3, 0.4) is 0 Å². The fraction of sp³-hybridized carbons (Fsp3) is 0.103. The fourth-order valence-corrected chi connectivity index (χ4v) is 3.77. The minimum atomic E-state index is -0.373. The number of hydrogen-bond acceptors (Lipinski definition) is 2. The molecule has 176 valence electrons. The van der Waals surface area contributed by atoms with Gasteiger partial charge in [-0.05, 0) is 78.2 Å². The minimum absolute atomic E-state index is 0.118. The highest BCUT2D eigenvalue weighted by Crippen LogP contribution is 2.23. The highest BCUT2D eigenvalue weighted by atomic mass is 19.1. The molecule has 6 heteroatoms. The molecule has 0 spiro atoms. The summed E-state index contributed by atoms with van der Waals surface area (Å²) < 4.78 is 26.9. The molecule has 0 saturated heterocycles. The number of nitrogens with zero attached hydrogens (tertiary/aromatic N) is 1. The van der Waals surface area contributed by atoms with Gasteiger partial charge in [0.15, 0.2) is 0 Å². The predicted octanol–water partition coefficient (Wildman–Crippen LogP) is 6.30. The Morgan fingerprint density at radius 3 is 2.17 bits per heavy atom. The van der Waals surface area contributed by atoms with Gasteiger partial charge in [0.2, 0.25) is 5.91 Å². The molecule has 4 nitrogen and oxygen atoms in total. The molecule has 2 amide bonds. The van der Waals surface area contributed by atoms with Crippen LogP contribution in [0.25, 0.3) is 0 Å². The molecular formula is C29H24F2N2O2. The van der Waals surface area contributed by atoms with E-state index in [1.165, 1.54) is 36.4 Å². The highest BCUT2D eigenvalue weighted by Gasteiger charge is 2.20. The molecule has 0 aliphatic carbocycles. The molecule has 35 heavy (non-hydrogen) atoms. The summed E-state index contributed by atoms with van der Waals surface area (Å²) in [6.07, 6.45) is 0.118. The van der Waals surface area contributed by atoms with Crippen LogP contribution in [0.5, 0.6) is 0 Å². The van der Waals surface area contributed by atoms with Crippen LogP contribution < -0.4 is 10.2 Å². The molecule has 0 fully saturated rings. The lowest BCUT2D eigenvalue weighted by Gasteiger charge is -2.24. The van der Waals surface area contributed by atoms with E-state index in [0.717, 1.165) is 11.1 Å². The van der Waals surface area contributed by atoms with Gasteiger partial charge in [0.25, 0.3) is 5.91 Å². The normalized spacial score (nSPS) is 10.6. The first-order valence-corrected chi connectivity index (χ1v) is 11.2. The summed E-state index contributed by atoms with van der Waals surface area (Å²) in [7, 11) is 0. The zero-order chi connectivity index (χ0) is 24.8. The lowest BCUT2D eigenvalue weighted by Crippen LogP contribution is -2.31. The number of halogens is 2. The Morgan fingerprint density at radius 2 is 1.49 bits per heavy atom. The van der Waals surface area contributed by atoms with E-state index in [9.17, 15) is 18.4 Å². The number of carbonyl (C=O) groups is 2. The van der Waals surface area contributed by atoms with Gasteiger partial charge in [-0.15, -0.1) is 0 Å². The summed E-state index contributed by atoms with van der Waals surface area (Å²) in [6, 6.07) is 26.1. The zero-order valence-electron chi connectivity index (χ0n) is 19.2. The lowest BCUT2D eigenvalue weighted by molar-refractivity contribution is -0.115. The zero-order valence-corrected chi connectivity index (χ0v) is 19.2. The van der Waals surface area contributed by atoms with Crippen molar-refractivity contribution in [2.24, 2.45) is 0 Å². The maximum Gasteiger partial charge on any atom is 0.258 e. The summed E-state index contributed by atoms with van der Waals surface area (Å²) >= 11 is 0. The third-order valence-corrected chi connectivity index (χ3v) is 5.59. The third kappa shape index (κ3) is 6.18. The number of rotatable bonds is 7. The number of aryl methyl sites for hydroxylation is 1. The molecule has 0 radical (unpaired) electrons. The van der Waals surface area contributed by atoms with Crippen molar-refractivity contribution in [3.8, 4) is 0 Å². The second-order valence-corrected chi connectivity index (χ2v) is 8.23. The number of nitrogens with one attached hydrogen (secondary N) is 1. The number of carbonyl (C=O) groups excluding carboxylic acids is 2. The third-order valence-electron chi connectivity index (χ3n) is 5.59. The Balaban J connectivity index is 1.54. The number of amides is 2. The molecule has 4 aromatic rings. The lowest BCUT2D eigenvalue weighted by atomic mass is 10.1. The van der Waals surface area contributed by atoms with Crippen molar-refractivity contribution in [2.45, 2.75) is 19.9 Å². The van der Waals surface area contributed by atoms with Crippen LogP contribution in [0.15, 0.2) is 97.1 Å². The average molecular weight is 471 g/mol. The van der Waals surface area contributed by atoms with Crippen LogP contribution in [0.1, 0.15) is 27.0 Å². The van der Waals surface area contributed by atoms with Crippen molar-refractivity contribution >= 4 is 23.2 Å². The predicted molar refractivity (Wildman–Crippen MR) is 133 cm³/mol. The Bertz CT molecular complexity index is 1340. The second-order valence-electron chi connectivity index (χ2n) is 8.23. The Kier molecular flexibility index (Phi) is 7.31. The summed E-state index contributed by atoms with van der Waals surface area (Å²) in [6.45, 7) is 2.06. The molecule has 4 rings (SSSR count). The minimum Gasteiger partial charge on any atom is -0.326 e. The maximum absolute atomic E-state index is 13.8. The number of anilines is 2. The largest absolute Gasteiger partial charge is 0.326 e. The van der Waals surface area contributed by atoms with Crippen molar-refractivity contribution < 1.29 is 18.4 Å². The average Bonchev–Trinajstić information content (AvgIpc) is 2.84. The molecule has 0 saturated carbocycles. The van der Waals surface area contributed by atoms with Gasteiger partial charge in [0.05, 0.1) is 13.0 Å². The summed E-state index contributed by atoms with van der Waals surface area (Å²) in [4.78, 5) is 27.5. The first-order chi connectivity index (χ1) is 16.9. The van der Waals surface area contributed by atoms with Crippen molar-refractivity contribution in [1.29, 1.82) is 0 Å². The van der Waals surface area contributed by atoms with Gasteiger partial charge in [-0.25, -0.2) is 8.78 Å². The SMILES string of the molecule is Cc1ccccc1C(=O)N(Cc1cccc(F)c1)c1ccc(CC(=O)Nc2ccc(F)cc2)cc1. The molecule has 1 N–H and O–H groups in total. The molecule has 0 aliphatic rings. The number of hydrogen-bond donors (Lipinski definition) is 1. The van der Waals surface area contributed by atoms with Gasteiger partial charge < -0.3 is 10.2 Å². The molecule has 0 aromatic heterocycles. The van der Waals surface area contributed by atoms with Crippen molar-refractivity contribution in [2.75, 3.05) is 10.2 Å². The first kappa shape index (κ1) is 23.8. The van der Waals surface area contributed by atoms with Crippen molar-refractivity contribution in [3.05, 3.63) is 131 Å². The van der Waals surface area contributed by atoms with E-state index in [0.29, 0.717) is 22.5 Å². The Morgan fingerprint density at radius 1 is 0.771 bits per heavy atom. The van der Waals surface area contributed by atoms with Gasteiger partial charge in [-0.1, -0.05) is 42.5 Å². The standard InChI is InChI=1S/C29H24F2N2O2/c1-20-5-2-3-8-27(20)29(35)33(19-22-6-4-7-24(31)17-22)26-15-9-21(10-16-26)18-28(34)32-25-13-11-23(30)12-14-25/h2-17H,18-19H2,1H3,(H,32,34). The molecule has 0 aliphatic heterocycles. The number of benzene rings is 4. The molecule has 4 aromatic carbocycles. The van der Waals surface area contributed by atoms with Gasteiger partial charge >= 0.3 is 0 Å². The van der Waals surface area contributed by atoms with Crippen LogP contribution in [0, 0.1) is 18.6 Å².